The third-order valence-corrected chi connectivity index (χ3v) is 4.06. The summed E-state index contributed by atoms with van der Waals surface area (Å²) in [6.07, 6.45) is 5.67. The van der Waals surface area contributed by atoms with Gasteiger partial charge < -0.3 is 10.1 Å². The molecule has 1 aliphatic rings. The van der Waals surface area contributed by atoms with E-state index >= 15 is 0 Å². The molecule has 1 aromatic rings. The van der Waals surface area contributed by atoms with Crippen LogP contribution in [0.2, 0.25) is 10.0 Å². The molecule has 4 heteroatoms. The van der Waals surface area contributed by atoms with Crippen molar-refractivity contribution in [1.82, 2.24) is 5.32 Å². The van der Waals surface area contributed by atoms with Crippen LogP contribution in [0.3, 0.4) is 0 Å². The smallest absolute Gasteiger partial charge is 0.123 e. The molecule has 1 saturated carbocycles. The third-order valence-electron chi connectivity index (χ3n) is 3.62. The van der Waals surface area contributed by atoms with Crippen molar-refractivity contribution in [2.45, 2.75) is 44.6 Å². The van der Waals surface area contributed by atoms with Gasteiger partial charge in [-0.1, -0.05) is 30.1 Å². The van der Waals surface area contributed by atoms with Crippen LogP contribution in [-0.4, -0.2) is 18.7 Å². The maximum Gasteiger partial charge on any atom is 0.123 e. The lowest BCUT2D eigenvalue weighted by Crippen LogP contribution is -2.45. The van der Waals surface area contributed by atoms with Crippen LogP contribution in [0.1, 0.15) is 39.0 Å². The summed E-state index contributed by atoms with van der Waals surface area (Å²) in [5.74, 6) is 0.785. The second-order valence-electron chi connectivity index (χ2n) is 5.24. The SMILES string of the molecule is CCCNCCC1(Oc2cc(Cl)cc(Cl)c2)CCC1. The minimum absolute atomic E-state index is 0.0191. The summed E-state index contributed by atoms with van der Waals surface area (Å²) < 4.78 is 6.17. The maximum absolute atomic E-state index is 6.17. The molecule has 0 aliphatic heterocycles. The van der Waals surface area contributed by atoms with Crippen molar-refractivity contribution < 1.29 is 4.74 Å². The van der Waals surface area contributed by atoms with E-state index in [-0.39, 0.29) is 5.60 Å². The van der Waals surface area contributed by atoms with Gasteiger partial charge in [-0.25, -0.2) is 0 Å². The molecule has 0 aromatic heterocycles. The Balaban J connectivity index is 1.94. The fourth-order valence-electron chi connectivity index (χ4n) is 2.43. The van der Waals surface area contributed by atoms with Gasteiger partial charge in [0.1, 0.15) is 11.4 Å². The average Bonchev–Trinajstić information content (AvgIpc) is 2.30. The van der Waals surface area contributed by atoms with E-state index in [0.29, 0.717) is 10.0 Å². The summed E-state index contributed by atoms with van der Waals surface area (Å²) >= 11 is 12.0. The van der Waals surface area contributed by atoms with Gasteiger partial charge in [-0.05, 0) is 63.4 Å². The molecular weight excluding hydrogens is 281 g/mol. The molecule has 1 aromatic carbocycles. The van der Waals surface area contributed by atoms with E-state index in [1.807, 2.05) is 12.1 Å². The molecule has 0 atom stereocenters. The topological polar surface area (TPSA) is 21.3 Å². The Hall–Kier alpha value is -0.440. The zero-order chi connectivity index (χ0) is 13.7. The monoisotopic (exact) mass is 301 g/mol. The highest BCUT2D eigenvalue weighted by Crippen LogP contribution is 2.40. The molecule has 0 spiro atoms. The number of hydrogen-bond donors (Lipinski definition) is 1. The molecule has 19 heavy (non-hydrogen) atoms. The average molecular weight is 302 g/mol. The zero-order valence-electron chi connectivity index (χ0n) is 11.3. The number of nitrogens with one attached hydrogen (secondary N) is 1. The van der Waals surface area contributed by atoms with Crippen molar-refractivity contribution in [1.29, 1.82) is 0 Å². The lowest BCUT2D eigenvalue weighted by molar-refractivity contribution is -0.0141. The molecule has 0 radical (unpaired) electrons. The van der Waals surface area contributed by atoms with E-state index in [2.05, 4.69) is 12.2 Å². The van der Waals surface area contributed by atoms with Gasteiger partial charge in [-0.3, -0.25) is 0 Å². The normalized spacial score (nSPS) is 17.0. The molecule has 0 saturated heterocycles. The van der Waals surface area contributed by atoms with Crippen molar-refractivity contribution in [2.75, 3.05) is 13.1 Å². The van der Waals surface area contributed by atoms with Crippen molar-refractivity contribution in [3.63, 3.8) is 0 Å². The van der Waals surface area contributed by atoms with Crippen molar-refractivity contribution in [2.24, 2.45) is 0 Å². The van der Waals surface area contributed by atoms with Gasteiger partial charge in [-0.2, -0.15) is 0 Å². The highest BCUT2D eigenvalue weighted by atomic mass is 35.5. The number of rotatable bonds is 7. The second-order valence-corrected chi connectivity index (χ2v) is 6.12. The van der Waals surface area contributed by atoms with E-state index in [9.17, 15) is 0 Å². The summed E-state index contributed by atoms with van der Waals surface area (Å²) in [6, 6.07) is 5.41. The summed E-state index contributed by atoms with van der Waals surface area (Å²) in [4.78, 5) is 0. The Kier molecular flexibility index (Phi) is 5.37. The van der Waals surface area contributed by atoms with E-state index in [1.54, 1.807) is 6.07 Å². The first kappa shape index (κ1) is 15.0. The fourth-order valence-corrected chi connectivity index (χ4v) is 2.94. The van der Waals surface area contributed by atoms with Crippen LogP contribution in [0.4, 0.5) is 0 Å². The Morgan fingerprint density at radius 1 is 1.16 bits per heavy atom. The lowest BCUT2D eigenvalue weighted by Gasteiger charge is -2.42. The first-order valence-corrected chi connectivity index (χ1v) is 7.75. The summed E-state index contributed by atoms with van der Waals surface area (Å²) in [7, 11) is 0. The molecule has 0 unspecified atom stereocenters. The highest BCUT2D eigenvalue weighted by molar-refractivity contribution is 6.34. The Morgan fingerprint density at radius 2 is 1.84 bits per heavy atom. The van der Waals surface area contributed by atoms with Gasteiger partial charge in [0.25, 0.3) is 0 Å². The zero-order valence-corrected chi connectivity index (χ0v) is 12.9. The predicted octanol–water partition coefficient (Wildman–Crippen LogP) is 4.68. The molecule has 0 bridgehead atoms. The second kappa shape index (κ2) is 6.83. The van der Waals surface area contributed by atoms with Crippen molar-refractivity contribution in [3.8, 4) is 5.75 Å². The van der Waals surface area contributed by atoms with Gasteiger partial charge in [-0.15, -0.1) is 0 Å². The van der Waals surface area contributed by atoms with Crippen LogP contribution in [0.25, 0.3) is 0 Å². The number of halogens is 2. The van der Waals surface area contributed by atoms with Gasteiger partial charge in [0.15, 0.2) is 0 Å². The van der Waals surface area contributed by atoms with Crippen molar-refractivity contribution >= 4 is 23.2 Å². The largest absolute Gasteiger partial charge is 0.487 e. The minimum atomic E-state index is -0.0191. The molecular formula is C15H21Cl2NO. The van der Waals surface area contributed by atoms with E-state index in [1.165, 1.54) is 6.42 Å². The molecule has 106 valence electrons. The molecule has 0 heterocycles. The van der Waals surface area contributed by atoms with Gasteiger partial charge in [0.2, 0.25) is 0 Å². The molecule has 2 nitrogen and oxygen atoms in total. The van der Waals surface area contributed by atoms with E-state index in [0.717, 1.165) is 44.5 Å². The predicted molar refractivity (Wildman–Crippen MR) is 81.4 cm³/mol. The standard InChI is InChI=1S/C15H21Cl2NO/c1-2-7-18-8-6-15(4-3-5-15)19-14-10-12(16)9-13(17)11-14/h9-11,18H,2-8H2,1H3. The first-order valence-electron chi connectivity index (χ1n) is 6.99. The van der Waals surface area contributed by atoms with Gasteiger partial charge in [0, 0.05) is 10.0 Å². The first-order chi connectivity index (χ1) is 9.13. The number of ether oxygens (including phenoxy) is 1. The molecule has 0 amide bonds. The van der Waals surface area contributed by atoms with E-state index < -0.39 is 0 Å². The molecule has 1 N–H and O–H groups in total. The van der Waals surface area contributed by atoms with Gasteiger partial charge in [0.05, 0.1) is 0 Å². The Bertz CT molecular complexity index is 398. The summed E-state index contributed by atoms with van der Waals surface area (Å²) in [5.41, 5.74) is -0.0191. The van der Waals surface area contributed by atoms with Crippen LogP contribution < -0.4 is 10.1 Å². The maximum atomic E-state index is 6.17. The highest BCUT2D eigenvalue weighted by Gasteiger charge is 2.38. The van der Waals surface area contributed by atoms with Crippen LogP contribution in [0.5, 0.6) is 5.75 Å². The van der Waals surface area contributed by atoms with Crippen LogP contribution >= 0.6 is 23.2 Å². The summed E-state index contributed by atoms with van der Waals surface area (Å²) in [6.45, 7) is 4.25. The molecule has 2 rings (SSSR count). The Labute approximate surface area is 125 Å². The lowest BCUT2D eigenvalue weighted by atomic mass is 9.77. The van der Waals surface area contributed by atoms with Gasteiger partial charge >= 0.3 is 0 Å². The Morgan fingerprint density at radius 3 is 2.37 bits per heavy atom. The van der Waals surface area contributed by atoms with Crippen LogP contribution in [0, 0.1) is 0 Å². The van der Waals surface area contributed by atoms with Crippen LogP contribution in [0.15, 0.2) is 18.2 Å². The quantitative estimate of drug-likeness (QED) is 0.738. The third kappa shape index (κ3) is 4.27. The minimum Gasteiger partial charge on any atom is -0.487 e. The fraction of sp³-hybridized carbons (Fsp3) is 0.600. The summed E-state index contributed by atoms with van der Waals surface area (Å²) in [5, 5.41) is 4.69. The van der Waals surface area contributed by atoms with E-state index in [4.69, 9.17) is 27.9 Å². The molecule has 1 fully saturated rings. The molecule has 1 aliphatic carbocycles. The number of benzene rings is 1. The van der Waals surface area contributed by atoms with Crippen molar-refractivity contribution in [3.05, 3.63) is 28.2 Å². The number of hydrogen-bond acceptors (Lipinski definition) is 2. The van der Waals surface area contributed by atoms with Crippen LogP contribution in [-0.2, 0) is 0 Å².